The van der Waals surface area contributed by atoms with Gasteiger partial charge in [-0.3, -0.25) is 14.4 Å². The minimum Gasteiger partial charge on any atom is -0.462 e. The minimum atomic E-state index is -0.798. The van der Waals surface area contributed by atoms with Crippen LogP contribution in [-0.2, 0) is 28.6 Å². The smallest absolute Gasteiger partial charge is 0.306 e. The van der Waals surface area contributed by atoms with Crippen LogP contribution in [0.15, 0.2) is 109 Å². The quantitative estimate of drug-likeness (QED) is 0.0261. The van der Waals surface area contributed by atoms with Crippen molar-refractivity contribution in [2.24, 2.45) is 0 Å². The molecule has 6 heteroatoms. The molecule has 0 radical (unpaired) electrons. The highest BCUT2D eigenvalue weighted by atomic mass is 16.6. The van der Waals surface area contributed by atoms with E-state index in [2.05, 4.69) is 130 Å². The van der Waals surface area contributed by atoms with Crippen LogP contribution in [0.3, 0.4) is 0 Å². The number of carbonyl (C=O) groups excluding carboxylic acids is 3. The average molecular weight is 1070 g/mol. The summed E-state index contributed by atoms with van der Waals surface area (Å²) < 4.78 is 16.9. The molecule has 0 amide bonds. The molecule has 6 nitrogen and oxygen atoms in total. The minimum absolute atomic E-state index is 0.0914. The molecule has 0 aliphatic heterocycles. The van der Waals surface area contributed by atoms with Crippen molar-refractivity contribution in [3.8, 4) is 0 Å². The summed E-state index contributed by atoms with van der Waals surface area (Å²) in [4.78, 5) is 38.3. The van der Waals surface area contributed by atoms with Crippen LogP contribution in [0.1, 0.15) is 303 Å². The molecule has 440 valence electrons. The van der Waals surface area contributed by atoms with Crippen molar-refractivity contribution >= 4 is 17.9 Å². The summed E-state index contributed by atoms with van der Waals surface area (Å²) in [6.45, 7) is 6.39. The number of hydrogen-bond donors (Lipinski definition) is 0. The normalized spacial score (nSPS) is 12.8. The van der Waals surface area contributed by atoms with Crippen molar-refractivity contribution in [2.75, 3.05) is 13.2 Å². The zero-order valence-corrected chi connectivity index (χ0v) is 50.4. The Morgan fingerprint density at radius 3 is 0.805 bits per heavy atom. The van der Waals surface area contributed by atoms with Gasteiger partial charge in [-0.15, -0.1) is 0 Å². The highest BCUT2D eigenvalue weighted by molar-refractivity contribution is 5.71. The summed E-state index contributed by atoms with van der Waals surface area (Å²) in [5, 5.41) is 0. The van der Waals surface area contributed by atoms with Crippen LogP contribution in [0.2, 0.25) is 0 Å². The molecule has 0 spiro atoms. The van der Waals surface area contributed by atoms with E-state index in [0.717, 1.165) is 122 Å². The van der Waals surface area contributed by atoms with Crippen molar-refractivity contribution < 1.29 is 28.6 Å². The van der Waals surface area contributed by atoms with Crippen LogP contribution in [0.4, 0.5) is 0 Å². The lowest BCUT2D eigenvalue weighted by molar-refractivity contribution is -0.167. The van der Waals surface area contributed by atoms with Gasteiger partial charge in [0, 0.05) is 19.3 Å². The van der Waals surface area contributed by atoms with E-state index < -0.39 is 6.10 Å². The first-order chi connectivity index (χ1) is 38.0. The Kier molecular flexibility index (Phi) is 61.3. The number of carbonyl (C=O) groups is 3. The zero-order chi connectivity index (χ0) is 55.7. The second-order valence-electron chi connectivity index (χ2n) is 21.3. The van der Waals surface area contributed by atoms with Crippen molar-refractivity contribution in [1.82, 2.24) is 0 Å². The summed E-state index contributed by atoms with van der Waals surface area (Å²) in [5.41, 5.74) is 0. The van der Waals surface area contributed by atoms with Crippen LogP contribution in [0.5, 0.6) is 0 Å². The predicted octanol–water partition coefficient (Wildman–Crippen LogP) is 22.2. The van der Waals surface area contributed by atoms with Gasteiger partial charge < -0.3 is 14.2 Å². The van der Waals surface area contributed by atoms with Crippen LogP contribution < -0.4 is 0 Å². The standard InChI is InChI=1S/C71H120O6/c1-4-7-10-13-16-19-22-25-27-29-31-33-34-35-36-38-39-41-43-46-49-52-55-58-61-64-70(73)76-67-68(66-75-69(72)63-60-57-54-51-48-45-24-21-18-15-12-9-6-3)77-71(74)65-62-59-56-53-50-47-44-42-40-37-32-30-28-26-23-20-17-14-11-8-5-2/h8-9,11-12,17-18,20-22,25-26,28-29,31-32,37,45,48,68H,4-7,10,13-16,19,23-24,27,30,33-36,38-44,46-47,49-67H2,1-3H3/b11-8-,12-9-,20-17-,21-18-,25-22-,28-26-,31-29-,37-32-,48-45-. The lowest BCUT2D eigenvalue weighted by Crippen LogP contribution is -2.30. The summed E-state index contributed by atoms with van der Waals surface area (Å²) in [6, 6.07) is 0. The first-order valence-corrected chi connectivity index (χ1v) is 32.4. The van der Waals surface area contributed by atoms with Gasteiger partial charge in [-0.05, 0) is 122 Å². The molecule has 0 rings (SSSR count). The predicted molar refractivity (Wildman–Crippen MR) is 334 cm³/mol. The fourth-order valence-electron chi connectivity index (χ4n) is 8.95. The summed E-state index contributed by atoms with van der Waals surface area (Å²) in [7, 11) is 0. The van der Waals surface area contributed by atoms with Gasteiger partial charge in [0.15, 0.2) is 6.10 Å². The number of allylic oxidation sites excluding steroid dienone is 18. The molecule has 0 aliphatic carbocycles. The van der Waals surface area contributed by atoms with Gasteiger partial charge in [0.2, 0.25) is 0 Å². The van der Waals surface area contributed by atoms with Crippen molar-refractivity contribution in [2.45, 2.75) is 309 Å². The highest BCUT2D eigenvalue weighted by Crippen LogP contribution is 2.16. The Morgan fingerprint density at radius 1 is 0.273 bits per heavy atom. The van der Waals surface area contributed by atoms with Crippen LogP contribution in [0, 0.1) is 0 Å². The Morgan fingerprint density at radius 2 is 0.506 bits per heavy atom. The Hall–Kier alpha value is -3.93. The van der Waals surface area contributed by atoms with E-state index in [1.165, 1.54) is 141 Å². The number of hydrogen-bond acceptors (Lipinski definition) is 6. The van der Waals surface area contributed by atoms with Gasteiger partial charge in [0.25, 0.3) is 0 Å². The molecule has 0 N–H and O–H groups in total. The third-order valence-electron chi connectivity index (χ3n) is 13.7. The Labute approximate surface area is 476 Å². The Bertz CT molecular complexity index is 1560. The maximum atomic E-state index is 12.9. The topological polar surface area (TPSA) is 78.9 Å². The van der Waals surface area contributed by atoms with Gasteiger partial charge >= 0.3 is 17.9 Å². The van der Waals surface area contributed by atoms with E-state index in [0.29, 0.717) is 19.3 Å². The van der Waals surface area contributed by atoms with E-state index >= 15 is 0 Å². The van der Waals surface area contributed by atoms with Crippen molar-refractivity contribution in [3.63, 3.8) is 0 Å². The number of ether oxygens (including phenoxy) is 3. The average Bonchev–Trinajstić information content (AvgIpc) is 3.43. The van der Waals surface area contributed by atoms with E-state index in [1.807, 2.05) is 0 Å². The molecule has 0 bridgehead atoms. The highest BCUT2D eigenvalue weighted by Gasteiger charge is 2.19. The maximum absolute atomic E-state index is 12.9. The first-order valence-electron chi connectivity index (χ1n) is 32.4. The molecule has 0 aromatic carbocycles. The molecule has 1 atom stereocenters. The summed E-state index contributed by atoms with van der Waals surface area (Å²) in [6.07, 6.45) is 88.2. The van der Waals surface area contributed by atoms with Gasteiger partial charge in [-0.25, -0.2) is 0 Å². The molecule has 1 unspecified atom stereocenters. The number of unbranched alkanes of at least 4 members (excludes halogenated alkanes) is 29. The van der Waals surface area contributed by atoms with Crippen molar-refractivity contribution in [1.29, 1.82) is 0 Å². The second-order valence-corrected chi connectivity index (χ2v) is 21.3. The first kappa shape index (κ1) is 73.1. The lowest BCUT2D eigenvalue weighted by atomic mass is 10.0. The van der Waals surface area contributed by atoms with Crippen LogP contribution in [-0.4, -0.2) is 37.2 Å². The van der Waals surface area contributed by atoms with Crippen molar-refractivity contribution in [3.05, 3.63) is 109 Å². The molecule has 77 heavy (non-hydrogen) atoms. The fourth-order valence-corrected chi connectivity index (χ4v) is 8.95. The molecular weight excluding hydrogens is 949 g/mol. The van der Waals surface area contributed by atoms with Gasteiger partial charge in [-0.2, -0.15) is 0 Å². The maximum Gasteiger partial charge on any atom is 0.306 e. The monoisotopic (exact) mass is 1070 g/mol. The van der Waals surface area contributed by atoms with E-state index in [4.69, 9.17) is 14.2 Å². The summed E-state index contributed by atoms with van der Waals surface area (Å²) >= 11 is 0. The SMILES string of the molecule is CC/C=C\C/C=C\C/C=C\C/C=C\CCCCCCCCCCC(=O)OC(COC(=O)CCCCC/C=C\C/C=C\C/C=C\CC)COC(=O)CCCCCCCCCCCCCCC/C=C\C/C=C\CCCCCCC. The molecule has 0 heterocycles. The fraction of sp³-hybridized carbons (Fsp3) is 0.704. The van der Waals surface area contributed by atoms with Crippen LogP contribution in [0.25, 0.3) is 0 Å². The molecule has 0 saturated carbocycles. The molecule has 0 saturated heterocycles. The molecule has 0 fully saturated rings. The van der Waals surface area contributed by atoms with Gasteiger partial charge in [-0.1, -0.05) is 271 Å². The molecule has 0 aromatic heterocycles. The van der Waals surface area contributed by atoms with Gasteiger partial charge in [0.1, 0.15) is 13.2 Å². The zero-order valence-electron chi connectivity index (χ0n) is 50.4. The second kappa shape index (κ2) is 64.6. The van der Waals surface area contributed by atoms with Crippen LogP contribution >= 0.6 is 0 Å². The van der Waals surface area contributed by atoms with Gasteiger partial charge in [0.05, 0.1) is 0 Å². The number of esters is 3. The van der Waals surface area contributed by atoms with E-state index in [-0.39, 0.29) is 31.1 Å². The third-order valence-corrected chi connectivity index (χ3v) is 13.7. The Balaban J connectivity index is 4.34. The third kappa shape index (κ3) is 62.8. The number of rotatable bonds is 58. The lowest BCUT2D eigenvalue weighted by Gasteiger charge is -2.18. The molecule has 0 aliphatic rings. The largest absolute Gasteiger partial charge is 0.462 e. The van der Waals surface area contributed by atoms with E-state index in [1.54, 1.807) is 0 Å². The molecular formula is C71H120O6. The van der Waals surface area contributed by atoms with E-state index in [9.17, 15) is 14.4 Å². The summed E-state index contributed by atoms with van der Waals surface area (Å²) in [5.74, 6) is -0.924. The molecule has 0 aromatic rings.